The van der Waals surface area contributed by atoms with Crippen molar-refractivity contribution < 1.29 is 4.39 Å². The summed E-state index contributed by atoms with van der Waals surface area (Å²) in [6, 6.07) is 1.79. The van der Waals surface area contributed by atoms with Crippen LogP contribution in [0.1, 0.15) is 0 Å². The Morgan fingerprint density at radius 2 is 2.11 bits per heavy atom. The fourth-order valence-electron chi connectivity index (χ4n) is 1.73. The van der Waals surface area contributed by atoms with Gasteiger partial charge in [-0.05, 0) is 33.6 Å². The summed E-state index contributed by atoms with van der Waals surface area (Å²) in [5, 5.41) is 0.819. The van der Waals surface area contributed by atoms with E-state index in [1.165, 1.54) is 0 Å². The maximum absolute atomic E-state index is 13.7. The molecule has 3 aromatic heterocycles. The van der Waals surface area contributed by atoms with Crippen molar-refractivity contribution in [2.24, 2.45) is 0 Å². The van der Waals surface area contributed by atoms with Gasteiger partial charge < -0.3 is 4.98 Å². The van der Waals surface area contributed by atoms with Crippen molar-refractivity contribution in [1.82, 2.24) is 19.9 Å². The zero-order valence-corrected chi connectivity index (χ0v) is 11.1. The second-order valence-electron chi connectivity index (χ2n) is 3.59. The number of H-pyrrole nitrogens is 1. The molecule has 4 nitrogen and oxygen atoms in total. The zero-order valence-electron chi connectivity index (χ0n) is 8.78. The molecule has 0 saturated heterocycles. The van der Waals surface area contributed by atoms with E-state index in [9.17, 15) is 4.39 Å². The van der Waals surface area contributed by atoms with Gasteiger partial charge in [-0.25, -0.2) is 19.3 Å². The first-order chi connectivity index (χ1) is 8.65. The number of rotatable bonds is 1. The normalized spacial score (nSPS) is 11.1. The predicted molar refractivity (Wildman–Crippen MR) is 69.8 cm³/mol. The third-order valence-electron chi connectivity index (χ3n) is 2.50. The lowest BCUT2D eigenvalue weighted by atomic mass is 10.1. The minimum Gasteiger partial charge on any atom is -0.359 e. The van der Waals surface area contributed by atoms with Crippen LogP contribution in [-0.2, 0) is 0 Å². The van der Waals surface area contributed by atoms with Crippen molar-refractivity contribution in [3.63, 3.8) is 0 Å². The fourth-order valence-corrected chi connectivity index (χ4v) is 2.19. The van der Waals surface area contributed by atoms with Crippen LogP contribution in [-0.4, -0.2) is 19.9 Å². The molecule has 0 aromatic carbocycles. The van der Waals surface area contributed by atoms with Crippen LogP contribution in [0.15, 0.2) is 29.3 Å². The van der Waals surface area contributed by atoms with Gasteiger partial charge in [0, 0.05) is 17.1 Å². The molecule has 0 spiro atoms. The number of nitrogens with zero attached hydrogens (tertiary/aromatic N) is 3. The van der Waals surface area contributed by atoms with Crippen LogP contribution in [0.5, 0.6) is 0 Å². The van der Waals surface area contributed by atoms with Crippen LogP contribution in [0.25, 0.3) is 22.2 Å². The molecule has 0 aliphatic rings. The van der Waals surface area contributed by atoms with Crippen molar-refractivity contribution in [2.75, 3.05) is 0 Å². The molecule has 18 heavy (non-hydrogen) atoms. The van der Waals surface area contributed by atoms with Crippen molar-refractivity contribution in [1.29, 1.82) is 0 Å². The van der Waals surface area contributed by atoms with Crippen LogP contribution in [0, 0.1) is 5.82 Å². The Labute approximate surface area is 114 Å². The summed E-state index contributed by atoms with van der Waals surface area (Å²) in [4.78, 5) is 14.6. The van der Waals surface area contributed by atoms with Crippen molar-refractivity contribution in [3.8, 4) is 11.3 Å². The Morgan fingerprint density at radius 3 is 2.94 bits per heavy atom. The van der Waals surface area contributed by atoms with Crippen molar-refractivity contribution in [2.45, 2.75) is 0 Å². The number of nitrogens with one attached hydrogen (secondary N) is 1. The molecular formula is C11H5BrClFN4. The number of aromatic amines is 1. The van der Waals surface area contributed by atoms with E-state index >= 15 is 0 Å². The lowest BCUT2D eigenvalue weighted by Crippen LogP contribution is -1.91. The largest absolute Gasteiger partial charge is 0.359 e. The van der Waals surface area contributed by atoms with Crippen LogP contribution >= 0.6 is 27.5 Å². The van der Waals surface area contributed by atoms with Gasteiger partial charge in [0.2, 0.25) is 5.28 Å². The summed E-state index contributed by atoms with van der Waals surface area (Å²) < 4.78 is 14.4. The maximum atomic E-state index is 13.7. The van der Waals surface area contributed by atoms with Crippen molar-refractivity contribution in [3.05, 3.63) is 40.4 Å². The van der Waals surface area contributed by atoms with E-state index in [0.29, 0.717) is 10.2 Å². The second kappa shape index (κ2) is 4.29. The minimum absolute atomic E-state index is 0.00821. The molecule has 0 saturated carbocycles. The summed E-state index contributed by atoms with van der Waals surface area (Å²) in [7, 11) is 0. The van der Waals surface area contributed by atoms with Gasteiger partial charge in [0.25, 0.3) is 0 Å². The maximum Gasteiger partial charge on any atom is 0.223 e. The standard InChI is InChI=1S/C11H5BrClFN4/c12-9-1-5-6(2-15-8(5)4-16-9)10-7(14)3-17-11(13)18-10/h1-4,15H. The van der Waals surface area contributed by atoms with Crippen LogP contribution in [0.3, 0.4) is 0 Å². The Morgan fingerprint density at radius 1 is 1.28 bits per heavy atom. The molecule has 0 amide bonds. The summed E-state index contributed by atoms with van der Waals surface area (Å²) in [5.41, 5.74) is 1.58. The summed E-state index contributed by atoms with van der Waals surface area (Å²) in [6.07, 6.45) is 4.38. The summed E-state index contributed by atoms with van der Waals surface area (Å²) in [6.45, 7) is 0. The van der Waals surface area contributed by atoms with E-state index in [4.69, 9.17) is 11.6 Å². The van der Waals surface area contributed by atoms with Gasteiger partial charge in [-0.1, -0.05) is 0 Å². The molecule has 0 bridgehead atoms. The zero-order chi connectivity index (χ0) is 12.7. The minimum atomic E-state index is -0.520. The smallest absolute Gasteiger partial charge is 0.223 e. The Balaban J connectivity index is 2.31. The van der Waals surface area contributed by atoms with E-state index in [0.717, 1.165) is 17.1 Å². The molecule has 0 aliphatic carbocycles. The Hall–Kier alpha value is -1.53. The first kappa shape index (κ1) is 11.6. The number of hydrogen-bond acceptors (Lipinski definition) is 3. The molecule has 0 aliphatic heterocycles. The first-order valence-electron chi connectivity index (χ1n) is 4.96. The lowest BCUT2D eigenvalue weighted by molar-refractivity contribution is 0.618. The molecule has 3 rings (SSSR count). The Kier molecular flexibility index (Phi) is 2.76. The van der Waals surface area contributed by atoms with E-state index in [1.54, 1.807) is 18.5 Å². The lowest BCUT2D eigenvalue weighted by Gasteiger charge is -2.01. The van der Waals surface area contributed by atoms with E-state index in [2.05, 4.69) is 35.9 Å². The summed E-state index contributed by atoms with van der Waals surface area (Å²) in [5.74, 6) is -0.520. The highest BCUT2D eigenvalue weighted by Gasteiger charge is 2.13. The molecular weight excluding hydrogens is 323 g/mol. The number of hydrogen-bond donors (Lipinski definition) is 1. The van der Waals surface area contributed by atoms with Gasteiger partial charge in [-0.15, -0.1) is 0 Å². The van der Waals surface area contributed by atoms with Gasteiger partial charge in [-0.3, -0.25) is 0 Å². The SMILES string of the molecule is Fc1cnc(Cl)nc1-c1c[nH]c2cnc(Br)cc12. The summed E-state index contributed by atoms with van der Waals surface area (Å²) >= 11 is 8.97. The third-order valence-corrected chi connectivity index (χ3v) is 3.12. The number of fused-ring (bicyclic) bond motifs is 1. The van der Waals surface area contributed by atoms with Gasteiger partial charge in [0.05, 0.1) is 17.9 Å². The molecule has 0 atom stereocenters. The number of aromatic nitrogens is 4. The van der Waals surface area contributed by atoms with Gasteiger partial charge in [0.15, 0.2) is 5.82 Å². The van der Waals surface area contributed by atoms with E-state index < -0.39 is 5.82 Å². The fraction of sp³-hybridized carbons (Fsp3) is 0. The van der Waals surface area contributed by atoms with Crippen molar-refractivity contribution >= 4 is 38.4 Å². The van der Waals surface area contributed by atoms with E-state index in [-0.39, 0.29) is 11.0 Å². The molecule has 7 heteroatoms. The number of halogens is 3. The molecule has 3 heterocycles. The highest BCUT2D eigenvalue weighted by molar-refractivity contribution is 9.10. The first-order valence-corrected chi connectivity index (χ1v) is 6.13. The van der Waals surface area contributed by atoms with Crippen LogP contribution in [0.2, 0.25) is 5.28 Å². The van der Waals surface area contributed by atoms with Gasteiger partial charge in [-0.2, -0.15) is 0 Å². The van der Waals surface area contributed by atoms with Crippen LogP contribution in [0.4, 0.5) is 4.39 Å². The molecule has 1 N–H and O–H groups in total. The van der Waals surface area contributed by atoms with Crippen LogP contribution < -0.4 is 0 Å². The molecule has 90 valence electrons. The molecule has 0 radical (unpaired) electrons. The average Bonchev–Trinajstić information content (AvgIpc) is 2.75. The predicted octanol–water partition coefficient (Wildman–Crippen LogP) is 3.57. The third kappa shape index (κ3) is 1.87. The van der Waals surface area contributed by atoms with Gasteiger partial charge >= 0.3 is 0 Å². The molecule has 0 unspecified atom stereocenters. The topological polar surface area (TPSA) is 54.5 Å². The highest BCUT2D eigenvalue weighted by Crippen LogP contribution is 2.30. The van der Waals surface area contributed by atoms with E-state index in [1.807, 2.05) is 0 Å². The second-order valence-corrected chi connectivity index (χ2v) is 4.74. The Bertz CT molecular complexity index is 743. The molecule has 0 fully saturated rings. The quantitative estimate of drug-likeness (QED) is 0.549. The number of pyridine rings is 1. The highest BCUT2D eigenvalue weighted by atomic mass is 79.9. The monoisotopic (exact) mass is 326 g/mol. The average molecular weight is 328 g/mol. The van der Waals surface area contributed by atoms with Gasteiger partial charge in [0.1, 0.15) is 10.3 Å². The molecule has 3 aromatic rings.